The molecule has 0 bridgehead atoms. The summed E-state index contributed by atoms with van der Waals surface area (Å²) in [7, 11) is 0. The minimum Gasteiger partial charge on any atom is -0.272 e. The van der Waals surface area contributed by atoms with Gasteiger partial charge in [-0.25, -0.2) is 0 Å². The summed E-state index contributed by atoms with van der Waals surface area (Å²) in [4.78, 5) is 77.5. The highest BCUT2D eigenvalue weighted by atomic mass is 16.2. The predicted octanol–water partition coefficient (Wildman–Crippen LogP) is 0.857. The van der Waals surface area contributed by atoms with Gasteiger partial charge in [-0.05, 0) is 56.8 Å². The van der Waals surface area contributed by atoms with Gasteiger partial charge in [-0.1, -0.05) is 0 Å². The largest absolute Gasteiger partial charge is 0.272 e. The van der Waals surface area contributed by atoms with Crippen molar-refractivity contribution in [2.75, 3.05) is 0 Å². The molecule has 0 saturated heterocycles. The Morgan fingerprint density at radius 1 is 0.485 bits per heavy atom. The van der Waals surface area contributed by atoms with Gasteiger partial charge in [0.25, 0.3) is 35.4 Å². The third-order valence-electron chi connectivity index (χ3n) is 7.78. The Kier molecular flexibility index (Phi) is 5.34. The number of rotatable bonds is 4. The summed E-state index contributed by atoms with van der Waals surface area (Å²) in [5, 5.41) is 0. The highest BCUT2D eigenvalue weighted by Crippen LogP contribution is 2.43. The fourth-order valence-corrected chi connectivity index (χ4v) is 6.30. The van der Waals surface area contributed by atoms with Crippen LogP contribution in [0.4, 0.5) is 0 Å². The number of hydrogen-bond acceptors (Lipinski definition) is 6. The van der Waals surface area contributed by atoms with Gasteiger partial charge in [0.15, 0.2) is 0 Å². The monoisotopic (exact) mass is 451 g/mol. The molecule has 5 rings (SSSR count). The van der Waals surface area contributed by atoms with Gasteiger partial charge in [0.2, 0.25) is 0 Å². The van der Waals surface area contributed by atoms with Crippen molar-refractivity contribution in [3.63, 3.8) is 0 Å². The summed E-state index contributed by atoms with van der Waals surface area (Å²) >= 11 is 0. The van der Waals surface area contributed by atoms with E-state index in [0.29, 0.717) is 32.1 Å². The maximum atomic E-state index is 12.5. The summed E-state index contributed by atoms with van der Waals surface area (Å²) in [6.45, 7) is 0. The second kappa shape index (κ2) is 8.20. The van der Waals surface area contributed by atoms with E-state index in [-0.39, 0.29) is 59.4 Å². The Labute approximate surface area is 190 Å². The van der Waals surface area contributed by atoms with Crippen molar-refractivity contribution >= 4 is 35.4 Å². The van der Waals surface area contributed by atoms with Crippen molar-refractivity contribution in [2.24, 2.45) is 11.8 Å². The van der Waals surface area contributed by atoms with Gasteiger partial charge < -0.3 is 0 Å². The molecule has 172 valence electrons. The first kappa shape index (κ1) is 21.5. The average molecular weight is 451 g/mol. The highest BCUT2D eigenvalue weighted by molar-refractivity contribution is 6.14. The Hall–Kier alpha value is -3.36. The van der Waals surface area contributed by atoms with Crippen molar-refractivity contribution < 1.29 is 28.8 Å². The lowest BCUT2D eigenvalue weighted by Gasteiger charge is -2.47. The lowest BCUT2D eigenvalue weighted by atomic mass is 9.68. The van der Waals surface area contributed by atoms with Crippen LogP contribution in [-0.4, -0.2) is 68.3 Å². The first-order chi connectivity index (χ1) is 15.8. The van der Waals surface area contributed by atoms with E-state index in [4.69, 9.17) is 0 Å². The second-order valence-corrected chi connectivity index (χ2v) is 9.41. The highest BCUT2D eigenvalue weighted by Gasteiger charge is 2.47. The van der Waals surface area contributed by atoms with Crippen LogP contribution in [-0.2, 0) is 28.8 Å². The van der Waals surface area contributed by atoms with Crippen molar-refractivity contribution in [1.82, 2.24) is 14.7 Å². The number of carbonyl (C=O) groups excluding carboxylic acids is 6. The zero-order valence-electron chi connectivity index (χ0n) is 18.1. The molecule has 6 amide bonds. The van der Waals surface area contributed by atoms with Crippen LogP contribution in [0.25, 0.3) is 0 Å². The molecule has 33 heavy (non-hydrogen) atoms. The summed E-state index contributed by atoms with van der Waals surface area (Å²) < 4.78 is 0. The summed E-state index contributed by atoms with van der Waals surface area (Å²) in [6, 6.07) is -0.892. The molecule has 3 atom stereocenters. The maximum Gasteiger partial charge on any atom is 0.253 e. The first-order valence-electron chi connectivity index (χ1n) is 11.5. The smallest absolute Gasteiger partial charge is 0.253 e. The summed E-state index contributed by atoms with van der Waals surface area (Å²) in [5.41, 5.74) is 0. The van der Waals surface area contributed by atoms with E-state index in [2.05, 4.69) is 0 Å². The molecule has 0 radical (unpaired) electrons. The van der Waals surface area contributed by atoms with Crippen molar-refractivity contribution in [3.05, 3.63) is 36.5 Å². The molecule has 0 aromatic heterocycles. The number of carbonyl (C=O) groups is 6. The molecule has 0 aromatic carbocycles. The number of hydrogen-bond donors (Lipinski definition) is 0. The molecule has 0 aromatic rings. The Balaban J connectivity index is 1.32. The van der Waals surface area contributed by atoms with Crippen LogP contribution in [0, 0.1) is 11.8 Å². The van der Waals surface area contributed by atoms with E-state index in [9.17, 15) is 28.8 Å². The topological polar surface area (TPSA) is 112 Å². The molecule has 3 heterocycles. The minimum atomic E-state index is -0.404. The molecule has 5 aliphatic rings. The van der Waals surface area contributed by atoms with Crippen molar-refractivity contribution in [3.8, 4) is 0 Å². The normalized spacial score (nSPS) is 34.5. The lowest BCUT2D eigenvalue weighted by molar-refractivity contribution is -0.147. The van der Waals surface area contributed by atoms with Gasteiger partial charge in [-0.3, -0.25) is 43.5 Å². The maximum absolute atomic E-state index is 12.5. The van der Waals surface area contributed by atoms with Crippen LogP contribution in [0.2, 0.25) is 0 Å². The van der Waals surface area contributed by atoms with Gasteiger partial charge in [0, 0.05) is 54.6 Å². The molecule has 9 nitrogen and oxygen atoms in total. The van der Waals surface area contributed by atoms with E-state index in [0.717, 1.165) is 12.8 Å². The summed E-state index contributed by atoms with van der Waals surface area (Å²) in [6.07, 6.45) is 12.3. The third-order valence-corrected chi connectivity index (χ3v) is 7.78. The third kappa shape index (κ3) is 3.65. The average Bonchev–Trinajstić information content (AvgIpc) is 3.44. The van der Waals surface area contributed by atoms with E-state index >= 15 is 0 Å². The van der Waals surface area contributed by atoms with Gasteiger partial charge in [0.05, 0.1) is 0 Å². The zero-order chi connectivity index (χ0) is 23.3. The molecule has 3 unspecified atom stereocenters. The van der Waals surface area contributed by atoms with E-state index in [1.807, 2.05) is 0 Å². The zero-order valence-corrected chi connectivity index (χ0v) is 18.1. The van der Waals surface area contributed by atoms with Gasteiger partial charge in [-0.15, -0.1) is 0 Å². The van der Waals surface area contributed by atoms with Crippen LogP contribution in [0.15, 0.2) is 36.5 Å². The molecule has 0 spiro atoms. The fourth-order valence-electron chi connectivity index (χ4n) is 6.30. The quantitative estimate of drug-likeness (QED) is 0.586. The van der Waals surface area contributed by atoms with Crippen molar-refractivity contribution in [1.29, 1.82) is 0 Å². The van der Waals surface area contributed by atoms with Crippen LogP contribution in [0.1, 0.15) is 44.9 Å². The molecule has 9 heteroatoms. The number of imide groups is 3. The fraction of sp³-hybridized carbons (Fsp3) is 0.500. The number of nitrogens with zero attached hydrogens (tertiary/aromatic N) is 3. The standard InChI is InChI=1S/C24H25N3O6/c28-19-7-8-20(29)25(19)15-3-1-14(2-4-15)17-6-5-16(26-21(30)9-10-22(26)31)13-18(17)27-23(32)11-12-24(27)33/h7-12,14-18H,1-6,13H2. The second-order valence-electron chi connectivity index (χ2n) is 9.41. The van der Waals surface area contributed by atoms with Gasteiger partial charge in [0.1, 0.15) is 0 Å². The van der Waals surface area contributed by atoms with E-state index in [1.54, 1.807) is 0 Å². The van der Waals surface area contributed by atoms with Crippen LogP contribution in [0.5, 0.6) is 0 Å². The summed E-state index contributed by atoms with van der Waals surface area (Å²) in [5.74, 6) is -1.70. The van der Waals surface area contributed by atoms with Gasteiger partial charge in [-0.2, -0.15) is 0 Å². The van der Waals surface area contributed by atoms with Crippen LogP contribution >= 0.6 is 0 Å². The molecule has 0 N–H and O–H groups in total. The first-order valence-corrected chi connectivity index (χ1v) is 11.5. The predicted molar refractivity (Wildman–Crippen MR) is 114 cm³/mol. The lowest BCUT2D eigenvalue weighted by Crippen LogP contribution is -2.55. The van der Waals surface area contributed by atoms with Crippen LogP contribution in [0.3, 0.4) is 0 Å². The molecular formula is C24H25N3O6. The molecule has 3 aliphatic heterocycles. The van der Waals surface area contributed by atoms with Crippen LogP contribution < -0.4 is 0 Å². The molecule has 2 saturated carbocycles. The number of amides is 6. The molecular weight excluding hydrogens is 426 g/mol. The minimum absolute atomic E-state index is 0.0406. The Bertz CT molecular complexity index is 981. The van der Waals surface area contributed by atoms with Gasteiger partial charge >= 0.3 is 0 Å². The molecule has 2 aliphatic carbocycles. The SMILES string of the molecule is O=C1C=CC(=O)N1C1CCC(C2CCC(N3C(=O)C=CC3=O)CC2N2C(=O)C=CC2=O)CC1. The van der Waals surface area contributed by atoms with E-state index < -0.39 is 6.04 Å². The Morgan fingerprint density at radius 2 is 0.879 bits per heavy atom. The molecule has 2 fully saturated rings. The van der Waals surface area contributed by atoms with E-state index in [1.165, 1.54) is 51.2 Å². The van der Waals surface area contributed by atoms with Crippen molar-refractivity contribution in [2.45, 2.75) is 63.1 Å². The Morgan fingerprint density at radius 3 is 1.36 bits per heavy atom.